The van der Waals surface area contributed by atoms with Crippen molar-refractivity contribution in [3.8, 4) is 0 Å². The first kappa shape index (κ1) is 21.4. The highest BCUT2D eigenvalue weighted by atomic mass is 32.1. The number of hydrogen-bond donors (Lipinski definition) is 2. The Morgan fingerprint density at radius 1 is 1.10 bits per heavy atom. The van der Waals surface area contributed by atoms with E-state index in [1.54, 1.807) is 24.5 Å². The fourth-order valence-electron chi connectivity index (χ4n) is 3.24. The smallest absolute Gasteiger partial charge is 0.369 e. The number of guanidine groups is 1. The third-order valence-electron chi connectivity index (χ3n) is 4.96. The molecule has 0 radical (unpaired) electrons. The molecule has 0 atom stereocenters. The monoisotopic (exact) mass is 425 g/mol. The second-order valence-electron chi connectivity index (χ2n) is 7.04. The second kappa shape index (κ2) is 9.49. The van der Waals surface area contributed by atoms with Crippen LogP contribution in [-0.4, -0.2) is 51.1 Å². The van der Waals surface area contributed by atoms with Crippen LogP contribution in [0.25, 0.3) is 0 Å². The van der Waals surface area contributed by atoms with E-state index in [9.17, 15) is 13.2 Å². The SMILES string of the molecule is CN=C(NCc1ccsc1)NCc1cc(C(F)(F)F)ccc1N1CCN(C)CC1. The lowest BCUT2D eigenvalue weighted by atomic mass is 10.1. The van der Waals surface area contributed by atoms with Crippen LogP contribution in [0.1, 0.15) is 16.7 Å². The average Bonchev–Trinajstić information content (AvgIpc) is 3.21. The molecule has 2 N–H and O–H groups in total. The Morgan fingerprint density at radius 3 is 2.45 bits per heavy atom. The van der Waals surface area contributed by atoms with Gasteiger partial charge in [0.25, 0.3) is 0 Å². The summed E-state index contributed by atoms with van der Waals surface area (Å²) in [5.74, 6) is 0.554. The van der Waals surface area contributed by atoms with Crippen molar-refractivity contribution in [1.29, 1.82) is 0 Å². The zero-order chi connectivity index (χ0) is 20.9. The number of anilines is 1. The van der Waals surface area contributed by atoms with E-state index in [4.69, 9.17) is 0 Å². The lowest BCUT2D eigenvalue weighted by Crippen LogP contribution is -2.45. The van der Waals surface area contributed by atoms with Gasteiger partial charge in [-0.1, -0.05) is 0 Å². The lowest BCUT2D eigenvalue weighted by molar-refractivity contribution is -0.137. The summed E-state index contributed by atoms with van der Waals surface area (Å²) < 4.78 is 39.8. The van der Waals surface area contributed by atoms with Crippen molar-refractivity contribution in [2.75, 3.05) is 45.2 Å². The van der Waals surface area contributed by atoms with Crippen molar-refractivity contribution in [3.05, 3.63) is 51.7 Å². The molecule has 9 heteroatoms. The van der Waals surface area contributed by atoms with E-state index >= 15 is 0 Å². The molecule has 2 aromatic rings. The summed E-state index contributed by atoms with van der Waals surface area (Å²) in [5.41, 5.74) is 1.96. The summed E-state index contributed by atoms with van der Waals surface area (Å²) in [6.07, 6.45) is -4.37. The van der Waals surface area contributed by atoms with Gasteiger partial charge in [0, 0.05) is 52.0 Å². The summed E-state index contributed by atoms with van der Waals surface area (Å²) in [5, 5.41) is 10.4. The van der Waals surface area contributed by atoms with Gasteiger partial charge in [0.15, 0.2) is 5.96 Å². The topological polar surface area (TPSA) is 42.9 Å². The lowest BCUT2D eigenvalue weighted by Gasteiger charge is -2.35. The van der Waals surface area contributed by atoms with Gasteiger partial charge in [0.1, 0.15) is 0 Å². The Bertz CT molecular complexity index is 812. The van der Waals surface area contributed by atoms with Crippen LogP contribution in [0, 0.1) is 0 Å². The van der Waals surface area contributed by atoms with Gasteiger partial charge in [-0.3, -0.25) is 4.99 Å². The van der Waals surface area contributed by atoms with Gasteiger partial charge in [-0.05, 0) is 53.2 Å². The molecule has 29 heavy (non-hydrogen) atoms. The van der Waals surface area contributed by atoms with Crippen molar-refractivity contribution < 1.29 is 13.2 Å². The zero-order valence-corrected chi connectivity index (χ0v) is 17.4. The van der Waals surface area contributed by atoms with Gasteiger partial charge in [-0.2, -0.15) is 24.5 Å². The highest BCUT2D eigenvalue weighted by Crippen LogP contribution is 2.33. The number of piperazine rings is 1. The first-order chi connectivity index (χ1) is 13.9. The Hall–Kier alpha value is -2.26. The maximum Gasteiger partial charge on any atom is 0.416 e. The molecule has 5 nitrogen and oxygen atoms in total. The minimum atomic E-state index is -4.37. The minimum Gasteiger partial charge on any atom is -0.369 e. The average molecular weight is 426 g/mol. The molecule has 1 aliphatic rings. The van der Waals surface area contributed by atoms with Gasteiger partial charge in [0.2, 0.25) is 0 Å². The summed E-state index contributed by atoms with van der Waals surface area (Å²) >= 11 is 1.62. The van der Waals surface area contributed by atoms with E-state index in [0.717, 1.165) is 37.4 Å². The van der Waals surface area contributed by atoms with Crippen LogP contribution in [0.3, 0.4) is 0 Å². The molecule has 1 aromatic heterocycles. The number of thiophene rings is 1. The normalized spacial score (nSPS) is 16.2. The molecule has 3 rings (SSSR count). The number of rotatable bonds is 5. The highest BCUT2D eigenvalue weighted by molar-refractivity contribution is 7.07. The number of nitrogens with zero attached hydrogens (tertiary/aromatic N) is 3. The molecule has 1 saturated heterocycles. The number of likely N-dealkylation sites (N-methyl/N-ethyl adjacent to an activating group) is 1. The number of hydrogen-bond acceptors (Lipinski definition) is 4. The fourth-order valence-corrected chi connectivity index (χ4v) is 3.91. The Labute approximate surface area is 173 Å². The largest absolute Gasteiger partial charge is 0.416 e. The number of benzene rings is 1. The van der Waals surface area contributed by atoms with E-state index < -0.39 is 11.7 Å². The molecule has 0 bridgehead atoms. The standard InChI is InChI=1S/C20H26F3N5S/c1-24-19(25-12-15-5-10-29-14-15)26-13-16-11-17(20(21,22)23)3-4-18(16)28-8-6-27(2)7-9-28/h3-5,10-11,14H,6-9,12-13H2,1-2H3,(H2,24,25,26). The van der Waals surface area contributed by atoms with Gasteiger partial charge >= 0.3 is 6.18 Å². The molecule has 0 unspecified atom stereocenters. The van der Waals surface area contributed by atoms with Crippen LogP contribution < -0.4 is 15.5 Å². The number of halogens is 3. The molecule has 158 valence electrons. The number of nitrogens with one attached hydrogen (secondary N) is 2. The molecule has 1 aliphatic heterocycles. The molecule has 0 saturated carbocycles. The van der Waals surface area contributed by atoms with Gasteiger partial charge < -0.3 is 20.4 Å². The van der Waals surface area contributed by atoms with E-state index in [1.165, 1.54) is 12.1 Å². The molecule has 0 spiro atoms. The van der Waals surface area contributed by atoms with Crippen LogP contribution in [0.2, 0.25) is 0 Å². The van der Waals surface area contributed by atoms with Crippen molar-refractivity contribution in [3.63, 3.8) is 0 Å². The molecule has 1 aromatic carbocycles. The minimum absolute atomic E-state index is 0.259. The maximum absolute atomic E-state index is 13.3. The van der Waals surface area contributed by atoms with Crippen molar-refractivity contribution in [2.24, 2.45) is 4.99 Å². The molecule has 2 heterocycles. The predicted octanol–water partition coefficient (Wildman–Crippen LogP) is 3.38. The molecule has 1 fully saturated rings. The Morgan fingerprint density at radius 2 is 1.83 bits per heavy atom. The third kappa shape index (κ3) is 5.86. The molecule has 0 aliphatic carbocycles. The van der Waals surface area contributed by atoms with E-state index in [-0.39, 0.29) is 6.54 Å². The highest BCUT2D eigenvalue weighted by Gasteiger charge is 2.31. The molecular formula is C20H26F3N5S. The van der Waals surface area contributed by atoms with Crippen LogP contribution in [0.4, 0.5) is 18.9 Å². The van der Waals surface area contributed by atoms with Crippen molar-refractivity contribution in [2.45, 2.75) is 19.3 Å². The number of aliphatic imine (C=N–C) groups is 1. The summed E-state index contributed by atoms with van der Waals surface area (Å²) in [6, 6.07) is 6.02. The first-order valence-electron chi connectivity index (χ1n) is 9.46. The third-order valence-corrected chi connectivity index (χ3v) is 5.69. The maximum atomic E-state index is 13.3. The van der Waals surface area contributed by atoms with Crippen LogP contribution in [0.5, 0.6) is 0 Å². The Kier molecular flexibility index (Phi) is 7.02. The van der Waals surface area contributed by atoms with E-state index in [2.05, 4.69) is 32.5 Å². The van der Waals surface area contributed by atoms with E-state index in [1.807, 2.05) is 16.8 Å². The van der Waals surface area contributed by atoms with Crippen LogP contribution in [0.15, 0.2) is 40.0 Å². The first-order valence-corrected chi connectivity index (χ1v) is 10.4. The summed E-state index contributed by atoms with van der Waals surface area (Å²) in [7, 11) is 3.70. The molecular weight excluding hydrogens is 399 g/mol. The van der Waals surface area contributed by atoms with Crippen LogP contribution >= 0.6 is 11.3 Å². The summed E-state index contributed by atoms with van der Waals surface area (Å²) in [4.78, 5) is 8.55. The second-order valence-corrected chi connectivity index (χ2v) is 7.82. The van der Waals surface area contributed by atoms with E-state index in [0.29, 0.717) is 18.1 Å². The van der Waals surface area contributed by atoms with Gasteiger partial charge in [-0.25, -0.2) is 0 Å². The predicted molar refractivity (Wildman–Crippen MR) is 113 cm³/mol. The number of alkyl halides is 3. The molecule has 0 amide bonds. The fraction of sp³-hybridized carbons (Fsp3) is 0.450. The van der Waals surface area contributed by atoms with Crippen molar-refractivity contribution in [1.82, 2.24) is 15.5 Å². The van der Waals surface area contributed by atoms with Gasteiger partial charge in [-0.15, -0.1) is 0 Å². The van der Waals surface area contributed by atoms with Crippen LogP contribution in [-0.2, 0) is 19.3 Å². The summed E-state index contributed by atoms with van der Waals surface area (Å²) in [6.45, 7) is 4.22. The van der Waals surface area contributed by atoms with Crippen molar-refractivity contribution >= 4 is 23.0 Å². The zero-order valence-electron chi connectivity index (χ0n) is 16.6. The van der Waals surface area contributed by atoms with Gasteiger partial charge in [0.05, 0.1) is 5.56 Å². The Balaban J connectivity index is 1.73. The quantitative estimate of drug-likeness (QED) is 0.569.